The fraction of sp³-hybridized carbons (Fsp3) is 0.667. The second-order valence-corrected chi connectivity index (χ2v) is 2.31. The summed E-state index contributed by atoms with van der Waals surface area (Å²) in [7, 11) is 0. The van der Waals surface area contributed by atoms with Gasteiger partial charge in [0.1, 0.15) is 0 Å². The first kappa shape index (κ1) is 4.39. The smallest absolute Gasteiger partial charge is 0.0379 e. The highest BCUT2D eigenvalue weighted by molar-refractivity contribution is 4.93. The van der Waals surface area contributed by atoms with Gasteiger partial charge in [-0.15, -0.1) is 0 Å². The Morgan fingerprint density at radius 1 is 1.25 bits per heavy atom. The Morgan fingerprint density at radius 3 is 3.12 bits per heavy atom. The largest absolute Gasteiger partial charge is 0.313 e. The lowest BCUT2D eigenvalue weighted by Gasteiger charge is -2.18. The molecular weight excluding hydrogens is 100 g/mol. The first-order chi connectivity index (χ1) is 3.97. The molecule has 0 N–H and O–H groups in total. The Kier molecular flexibility index (Phi) is 0.815. The molecular formula is C6H10N2. The summed E-state index contributed by atoms with van der Waals surface area (Å²) in [5, 5.41) is 4.65. The number of hydrazine groups is 1. The fourth-order valence-electron chi connectivity index (χ4n) is 1.34. The first-order valence-electron chi connectivity index (χ1n) is 3.15. The van der Waals surface area contributed by atoms with E-state index in [4.69, 9.17) is 0 Å². The lowest BCUT2D eigenvalue weighted by atomic mass is 10.4. The molecule has 0 aromatic carbocycles. The Labute approximate surface area is 49.4 Å². The van der Waals surface area contributed by atoms with Crippen LogP contribution in [0.3, 0.4) is 0 Å². The van der Waals surface area contributed by atoms with Crippen LogP contribution in [0.4, 0.5) is 0 Å². The maximum absolute atomic E-state index is 2.36. The highest BCUT2D eigenvalue weighted by atomic mass is 15.6. The van der Waals surface area contributed by atoms with Crippen molar-refractivity contribution in [1.29, 1.82) is 0 Å². The van der Waals surface area contributed by atoms with Crippen molar-refractivity contribution in [2.75, 3.05) is 19.6 Å². The summed E-state index contributed by atoms with van der Waals surface area (Å²) in [6.07, 6.45) is 5.72. The second-order valence-electron chi connectivity index (χ2n) is 2.31. The molecule has 2 heterocycles. The van der Waals surface area contributed by atoms with Gasteiger partial charge < -0.3 is 5.01 Å². The zero-order chi connectivity index (χ0) is 5.40. The van der Waals surface area contributed by atoms with Crippen LogP contribution in [0.25, 0.3) is 0 Å². The quantitative estimate of drug-likeness (QED) is 0.446. The molecule has 0 spiro atoms. The van der Waals surface area contributed by atoms with Crippen molar-refractivity contribution in [1.82, 2.24) is 10.0 Å². The predicted octanol–water partition coefficient (Wildman–Crippen LogP) is 0.436. The van der Waals surface area contributed by atoms with Gasteiger partial charge in [-0.3, -0.25) is 0 Å². The van der Waals surface area contributed by atoms with Crippen LogP contribution in [0, 0.1) is 0 Å². The molecule has 0 radical (unpaired) electrons. The summed E-state index contributed by atoms with van der Waals surface area (Å²) in [4.78, 5) is 0. The van der Waals surface area contributed by atoms with Gasteiger partial charge in [-0.05, 0) is 6.42 Å². The van der Waals surface area contributed by atoms with Crippen LogP contribution in [0.15, 0.2) is 12.3 Å². The van der Waals surface area contributed by atoms with E-state index in [-0.39, 0.29) is 0 Å². The molecule has 0 aromatic rings. The molecule has 2 aliphatic heterocycles. The van der Waals surface area contributed by atoms with Gasteiger partial charge >= 0.3 is 0 Å². The minimum atomic E-state index is 1.14. The van der Waals surface area contributed by atoms with Gasteiger partial charge in [0, 0.05) is 25.8 Å². The van der Waals surface area contributed by atoms with Crippen molar-refractivity contribution < 1.29 is 0 Å². The summed E-state index contributed by atoms with van der Waals surface area (Å²) in [5.41, 5.74) is 0. The van der Waals surface area contributed by atoms with Crippen molar-refractivity contribution in [2.45, 2.75) is 6.42 Å². The third-order valence-electron chi connectivity index (χ3n) is 1.76. The number of rotatable bonds is 0. The predicted molar refractivity (Wildman–Crippen MR) is 32.0 cm³/mol. The standard InChI is InChI=1S/C6H10N2/c1-3-7-5-2-6-8(7)4-1/h1,3H,2,4-6H2. The van der Waals surface area contributed by atoms with Gasteiger partial charge in [0.25, 0.3) is 0 Å². The van der Waals surface area contributed by atoms with E-state index in [2.05, 4.69) is 22.3 Å². The van der Waals surface area contributed by atoms with E-state index in [9.17, 15) is 0 Å². The van der Waals surface area contributed by atoms with Gasteiger partial charge in [0.15, 0.2) is 0 Å². The molecule has 0 aromatic heterocycles. The van der Waals surface area contributed by atoms with Crippen LogP contribution in [0.2, 0.25) is 0 Å². The lowest BCUT2D eigenvalue weighted by Crippen LogP contribution is -2.27. The fourth-order valence-corrected chi connectivity index (χ4v) is 1.34. The molecule has 2 rings (SSSR count). The number of fused-ring (bicyclic) bond motifs is 1. The molecule has 2 aliphatic rings. The van der Waals surface area contributed by atoms with Crippen LogP contribution in [0.1, 0.15) is 6.42 Å². The third-order valence-corrected chi connectivity index (χ3v) is 1.76. The summed E-state index contributed by atoms with van der Waals surface area (Å²) >= 11 is 0. The molecule has 44 valence electrons. The maximum Gasteiger partial charge on any atom is 0.0379 e. The van der Waals surface area contributed by atoms with Crippen molar-refractivity contribution in [2.24, 2.45) is 0 Å². The van der Waals surface area contributed by atoms with Crippen molar-refractivity contribution in [3.63, 3.8) is 0 Å². The van der Waals surface area contributed by atoms with E-state index in [0.717, 1.165) is 6.54 Å². The van der Waals surface area contributed by atoms with Crippen LogP contribution in [-0.2, 0) is 0 Å². The van der Waals surface area contributed by atoms with Gasteiger partial charge in [-0.25, -0.2) is 5.01 Å². The summed E-state index contributed by atoms with van der Waals surface area (Å²) in [6, 6.07) is 0. The number of hydrogen-bond donors (Lipinski definition) is 0. The summed E-state index contributed by atoms with van der Waals surface area (Å²) < 4.78 is 0. The molecule has 2 heteroatoms. The van der Waals surface area contributed by atoms with Gasteiger partial charge in [0.2, 0.25) is 0 Å². The van der Waals surface area contributed by atoms with E-state index >= 15 is 0 Å². The SMILES string of the molecule is C1=CN2CCCN2C1. The molecule has 1 fully saturated rings. The molecule has 0 atom stereocenters. The Morgan fingerprint density at radius 2 is 2.25 bits per heavy atom. The molecule has 2 nitrogen and oxygen atoms in total. The van der Waals surface area contributed by atoms with Crippen molar-refractivity contribution >= 4 is 0 Å². The average molecular weight is 110 g/mol. The average Bonchev–Trinajstić information content (AvgIpc) is 2.15. The zero-order valence-electron chi connectivity index (χ0n) is 4.88. The van der Waals surface area contributed by atoms with E-state index in [0.29, 0.717) is 0 Å². The molecule has 8 heavy (non-hydrogen) atoms. The van der Waals surface area contributed by atoms with Gasteiger partial charge in [-0.1, -0.05) is 6.08 Å². The molecule has 0 unspecified atom stereocenters. The molecule has 0 bridgehead atoms. The van der Waals surface area contributed by atoms with Gasteiger partial charge in [0.05, 0.1) is 0 Å². The van der Waals surface area contributed by atoms with Crippen LogP contribution in [-0.4, -0.2) is 29.7 Å². The Bertz CT molecular complexity index is 120. The highest BCUT2D eigenvalue weighted by Gasteiger charge is 2.20. The van der Waals surface area contributed by atoms with E-state index in [1.54, 1.807) is 0 Å². The normalized spacial score (nSPS) is 27.2. The first-order valence-corrected chi connectivity index (χ1v) is 3.15. The maximum atomic E-state index is 2.36. The molecule has 0 amide bonds. The Hall–Kier alpha value is -0.500. The third kappa shape index (κ3) is 0.464. The molecule has 0 saturated carbocycles. The Balaban J connectivity index is 2.13. The monoisotopic (exact) mass is 110 g/mol. The van der Waals surface area contributed by atoms with E-state index in [1.165, 1.54) is 19.5 Å². The minimum absolute atomic E-state index is 1.14. The second kappa shape index (κ2) is 1.49. The topological polar surface area (TPSA) is 6.48 Å². The van der Waals surface area contributed by atoms with Crippen molar-refractivity contribution in [3.8, 4) is 0 Å². The summed E-state index contributed by atoms with van der Waals surface area (Å²) in [6.45, 7) is 3.63. The molecule has 0 aliphatic carbocycles. The highest BCUT2D eigenvalue weighted by Crippen LogP contribution is 2.14. The zero-order valence-corrected chi connectivity index (χ0v) is 4.88. The van der Waals surface area contributed by atoms with Crippen molar-refractivity contribution in [3.05, 3.63) is 12.3 Å². The minimum Gasteiger partial charge on any atom is -0.313 e. The number of hydrogen-bond acceptors (Lipinski definition) is 2. The van der Waals surface area contributed by atoms with Crippen LogP contribution >= 0.6 is 0 Å². The van der Waals surface area contributed by atoms with Gasteiger partial charge in [-0.2, -0.15) is 0 Å². The van der Waals surface area contributed by atoms with E-state index < -0.39 is 0 Å². The number of nitrogens with zero attached hydrogens (tertiary/aromatic N) is 2. The van der Waals surface area contributed by atoms with E-state index in [1.807, 2.05) is 0 Å². The lowest BCUT2D eigenvalue weighted by molar-refractivity contribution is 0.117. The van der Waals surface area contributed by atoms with Crippen LogP contribution < -0.4 is 0 Å². The molecule has 1 saturated heterocycles. The summed E-state index contributed by atoms with van der Waals surface area (Å²) in [5.74, 6) is 0. The van der Waals surface area contributed by atoms with Crippen LogP contribution in [0.5, 0.6) is 0 Å².